The molecule has 0 atom stereocenters. The number of hydrogen-bond acceptors (Lipinski definition) is 3. The average molecular weight is 479 g/mol. The first-order valence-electron chi connectivity index (χ1n) is 9.62. The van der Waals surface area contributed by atoms with Gasteiger partial charge in [0.1, 0.15) is 0 Å². The molecule has 0 aliphatic heterocycles. The number of nitrogens with zero attached hydrogens (tertiary/aromatic N) is 1. The first kappa shape index (κ1) is 23.1. The fraction of sp³-hybridized carbons (Fsp3) is 0.318. The van der Waals surface area contributed by atoms with Gasteiger partial charge >= 0.3 is 0 Å². The summed E-state index contributed by atoms with van der Waals surface area (Å²) in [4.78, 5) is 28.0. The van der Waals surface area contributed by atoms with Crippen LogP contribution in [0.3, 0.4) is 0 Å². The van der Waals surface area contributed by atoms with Crippen LogP contribution in [0.1, 0.15) is 51.0 Å². The first-order chi connectivity index (χ1) is 14.0. The van der Waals surface area contributed by atoms with Crippen LogP contribution >= 0.6 is 27.5 Å². The number of benzene rings is 2. The largest absolute Gasteiger partial charge is 0.327 e. The van der Waals surface area contributed by atoms with Crippen molar-refractivity contribution in [2.75, 3.05) is 5.32 Å². The molecule has 1 aromatic heterocycles. The summed E-state index contributed by atoms with van der Waals surface area (Å²) in [5, 5.41) is 3.11. The van der Waals surface area contributed by atoms with Crippen LogP contribution < -0.4 is 10.9 Å². The summed E-state index contributed by atoms with van der Waals surface area (Å²) in [6.45, 7) is 4.53. The number of anilines is 1. The summed E-state index contributed by atoms with van der Waals surface area (Å²) in [5.74, 6) is 0.752. The zero-order valence-electron chi connectivity index (χ0n) is 16.5. The molecule has 5 nitrogen and oxygen atoms in total. The van der Waals surface area contributed by atoms with Gasteiger partial charge < -0.3 is 10.3 Å². The van der Waals surface area contributed by atoms with Gasteiger partial charge in [0.25, 0.3) is 5.56 Å². The topological polar surface area (TPSA) is 74.8 Å². The molecule has 3 rings (SSSR count). The quantitative estimate of drug-likeness (QED) is 0.393. The fourth-order valence-electron chi connectivity index (χ4n) is 3.20. The first-order valence-corrected chi connectivity index (χ1v) is 10.8. The number of amides is 1. The Kier molecular flexibility index (Phi) is 9.35. The summed E-state index contributed by atoms with van der Waals surface area (Å²) in [6.07, 6.45) is 6.98. The molecule has 7 heteroatoms. The number of nitrogens with one attached hydrogen (secondary N) is 2. The minimum atomic E-state index is -0.264. The Hall–Kier alpha value is -2.18. The SMILES string of the molecule is CCCC(CCC)c1cccc(Br)c1.O=CNc1cc2nc[nH]c(=O)c2cc1Cl. The number of carbonyl (C=O) groups is 1. The predicted molar refractivity (Wildman–Crippen MR) is 124 cm³/mol. The number of rotatable bonds is 7. The van der Waals surface area contributed by atoms with Crippen LogP contribution in [0.4, 0.5) is 5.69 Å². The standard InChI is InChI=1S/C13H19Br.C9H6ClN3O2/c1-3-6-11(7-4-2)12-8-5-9-13(14)10-12;10-6-1-5-7(2-8(6)13-4-14)11-3-12-9(5)15/h5,8-11H,3-4,6-7H2,1-2H3;1-4H,(H,13,14)(H,11,12,15). The van der Waals surface area contributed by atoms with E-state index in [1.165, 1.54) is 48.1 Å². The molecule has 0 bridgehead atoms. The van der Waals surface area contributed by atoms with Gasteiger partial charge in [0.2, 0.25) is 6.41 Å². The third-order valence-corrected chi connectivity index (χ3v) is 5.34. The highest BCUT2D eigenvalue weighted by molar-refractivity contribution is 9.10. The van der Waals surface area contributed by atoms with Gasteiger partial charge in [-0.05, 0) is 48.6 Å². The van der Waals surface area contributed by atoms with Crippen molar-refractivity contribution < 1.29 is 4.79 Å². The van der Waals surface area contributed by atoms with Crippen molar-refractivity contribution in [2.24, 2.45) is 0 Å². The van der Waals surface area contributed by atoms with Crippen molar-refractivity contribution in [1.29, 1.82) is 0 Å². The van der Waals surface area contributed by atoms with Crippen molar-refractivity contribution in [1.82, 2.24) is 9.97 Å². The lowest BCUT2D eigenvalue weighted by Gasteiger charge is -2.15. The van der Waals surface area contributed by atoms with E-state index < -0.39 is 0 Å². The number of halogens is 2. The molecular weight excluding hydrogens is 454 g/mol. The lowest BCUT2D eigenvalue weighted by atomic mass is 9.91. The highest BCUT2D eigenvalue weighted by atomic mass is 79.9. The van der Waals surface area contributed by atoms with Gasteiger partial charge in [0, 0.05) is 4.47 Å². The molecule has 0 saturated carbocycles. The number of aromatic amines is 1. The molecule has 2 N–H and O–H groups in total. The van der Waals surface area contributed by atoms with Crippen molar-refractivity contribution in [3.63, 3.8) is 0 Å². The van der Waals surface area contributed by atoms with E-state index in [1.54, 1.807) is 6.07 Å². The molecule has 0 aliphatic carbocycles. The number of fused-ring (bicyclic) bond motifs is 1. The van der Waals surface area contributed by atoms with Crippen LogP contribution in [0.2, 0.25) is 5.02 Å². The fourth-order valence-corrected chi connectivity index (χ4v) is 3.83. The average Bonchev–Trinajstić information content (AvgIpc) is 2.70. The van der Waals surface area contributed by atoms with E-state index >= 15 is 0 Å². The van der Waals surface area contributed by atoms with E-state index in [0.717, 1.165) is 5.92 Å². The number of carbonyl (C=O) groups excluding carboxylic acids is 1. The van der Waals surface area contributed by atoms with Crippen LogP contribution in [-0.4, -0.2) is 16.4 Å². The highest BCUT2D eigenvalue weighted by Crippen LogP contribution is 2.28. The normalized spacial score (nSPS) is 10.5. The smallest absolute Gasteiger partial charge is 0.258 e. The molecule has 1 amide bonds. The molecule has 0 unspecified atom stereocenters. The maximum Gasteiger partial charge on any atom is 0.258 e. The Balaban J connectivity index is 0.000000208. The van der Waals surface area contributed by atoms with Crippen molar-refractivity contribution >= 4 is 50.5 Å². The molecule has 0 saturated heterocycles. The van der Waals surface area contributed by atoms with E-state index in [-0.39, 0.29) is 5.56 Å². The summed E-state index contributed by atoms with van der Waals surface area (Å²) in [6, 6.07) is 11.8. The molecule has 0 aliphatic rings. The Labute approximate surface area is 184 Å². The molecular formula is C22H25BrClN3O2. The maximum absolute atomic E-state index is 11.4. The van der Waals surface area contributed by atoms with Gasteiger partial charge in [-0.1, -0.05) is 66.4 Å². The molecule has 154 valence electrons. The van der Waals surface area contributed by atoms with Gasteiger partial charge in [-0.2, -0.15) is 0 Å². The minimum Gasteiger partial charge on any atom is -0.327 e. The monoisotopic (exact) mass is 477 g/mol. The zero-order chi connectivity index (χ0) is 21.2. The lowest BCUT2D eigenvalue weighted by Crippen LogP contribution is -2.06. The van der Waals surface area contributed by atoms with Gasteiger partial charge in [-0.25, -0.2) is 4.98 Å². The highest BCUT2D eigenvalue weighted by Gasteiger charge is 2.09. The molecule has 1 heterocycles. The Morgan fingerprint density at radius 1 is 1.21 bits per heavy atom. The minimum absolute atomic E-state index is 0.264. The van der Waals surface area contributed by atoms with Crippen LogP contribution in [0, 0.1) is 0 Å². The third kappa shape index (κ3) is 6.68. The van der Waals surface area contributed by atoms with Gasteiger partial charge in [-0.3, -0.25) is 9.59 Å². The Morgan fingerprint density at radius 2 is 1.93 bits per heavy atom. The summed E-state index contributed by atoms with van der Waals surface area (Å²) < 4.78 is 1.20. The van der Waals surface area contributed by atoms with Gasteiger partial charge in [0.05, 0.1) is 27.9 Å². The van der Waals surface area contributed by atoms with Crippen LogP contribution in [0.15, 0.2) is 52.0 Å². The molecule has 0 radical (unpaired) electrons. The van der Waals surface area contributed by atoms with E-state index in [1.807, 2.05) is 0 Å². The van der Waals surface area contributed by atoms with Crippen LogP contribution in [0.25, 0.3) is 10.9 Å². The third-order valence-electron chi connectivity index (χ3n) is 4.54. The second-order valence-corrected chi connectivity index (χ2v) is 8.00. The van der Waals surface area contributed by atoms with E-state index in [4.69, 9.17) is 11.6 Å². The van der Waals surface area contributed by atoms with Crippen molar-refractivity contribution in [2.45, 2.75) is 45.4 Å². The number of aromatic nitrogens is 2. The molecule has 0 spiro atoms. The predicted octanol–water partition coefficient (Wildman–Crippen LogP) is 6.28. The maximum atomic E-state index is 11.4. The summed E-state index contributed by atoms with van der Waals surface area (Å²) in [5.41, 5.74) is 2.13. The lowest BCUT2D eigenvalue weighted by molar-refractivity contribution is -0.105. The van der Waals surface area contributed by atoms with Crippen molar-refractivity contribution in [3.8, 4) is 0 Å². The molecule has 3 aromatic rings. The number of H-pyrrole nitrogens is 1. The Bertz CT molecular complexity index is 1000. The summed E-state index contributed by atoms with van der Waals surface area (Å²) >= 11 is 9.38. The molecule has 2 aromatic carbocycles. The van der Waals surface area contributed by atoms with Gasteiger partial charge in [-0.15, -0.1) is 0 Å². The molecule has 29 heavy (non-hydrogen) atoms. The van der Waals surface area contributed by atoms with Gasteiger partial charge in [0.15, 0.2) is 0 Å². The van der Waals surface area contributed by atoms with Crippen LogP contribution in [-0.2, 0) is 4.79 Å². The molecule has 0 fully saturated rings. The second kappa shape index (κ2) is 11.7. The van der Waals surface area contributed by atoms with E-state index in [9.17, 15) is 9.59 Å². The van der Waals surface area contributed by atoms with E-state index in [2.05, 4.69) is 69.3 Å². The number of hydrogen-bond donors (Lipinski definition) is 2. The second-order valence-electron chi connectivity index (χ2n) is 6.67. The van der Waals surface area contributed by atoms with E-state index in [0.29, 0.717) is 28.0 Å². The van der Waals surface area contributed by atoms with Crippen LogP contribution in [0.5, 0.6) is 0 Å². The zero-order valence-corrected chi connectivity index (χ0v) is 18.9. The summed E-state index contributed by atoms with van der Waals surface area (Å²) in [7, 11) is 0. The van der Waals surface area contributed by atoms with Crippen molar-refractivity contribution in [3.05, 3.63) is 68.1 Å². The Morgan fingerprint density at radius 3 is 2.55 bits per heavy atom.